The summed E-state index contributed by atoms with van der Waals surface area (Å²) >= 11 is 0. The lowest BCUT2D eigenvalue weighted by Gasteiger charge is -2.27. The van der Waals surface area contributed by atoms with E-state index in [1.165, 1.54) is 16.5 Å². The van der Waals surface area contributed by atoms with E-state index in [4.69, 9.17) is 0 Å². The molecule has 0 bridgehead atoms. The van der Waals surface area contributed by atoms with Crippen LogP contribution in [0.25, 0.3) is 16.3 Å². The van der Waals surface area contributed by atoms with Crippen molar-refractivity contribution in [2.75, 3.05) is 13.1 Å². The third-order valence-corrected chi connectivity index (χ3v) is 4.64. The van der Waals surface area contributed by atoms with E-state index in [1.54, 1.807) is 0 Å². The first-order chi connectivity index (χ1) is 11.8. The summed E-state index contributed by atoms with van der Waals surface area (Å²) in [7, 11) is 0. The summed E-state index contributed by atoms with van der Waals surface area (Å²) < 4.78 is 0. The summed E-state index contributed by atoms with van der Waals surface area (Å²) in [6, 6.07) is 24.5. The zero-order chi connectivity index (χ0) is 16.4. The lowest BCUT2D eigenvalue weighted by Crippen LogP contribution is -2.34. The average molecular weight is 313 g/mol. The molecule has 3 aromatic rings. The van der Waals surface area contributed by atoms with Gasteiger partial charge in [0, 0.05) is 18.7 Å². The summed E-state index contributed by atoms with van der Waals surface area (Å²) in [5.41, 5.74) is 3.36. The van der Waals surface area contributed by atoms with E-state index < -0.39 is 0 Å². The van der Waals surface area contributed by atoms with Crippen LogP contribution < -0.4 is 0 Å². The van der Waals surface area contributed by atoms with Crippen molar-refractivity contribution in [3.05, 3.63) is 90.0 Å². The van der Waals surface area contributed by atoms with Crippen LogP contribution in [-0.2, 0) is 0 Å². The van der Waals surface area contributed by atoms with Crippen LogP contribution in [0.3, 0.4) is 0 Å². The van der Waals surface area contributed by atoms with Gasteiger partial charge in [-0.2, -0.15) is 0 Å². The standard InChI is InChI=1S/C22H19NO/c24-22(21-11-10-18-8-4-5-9-20(18)16-21)23-14-12-19(13-15-23)17-6-2-1-3-7-17/h1-12,16H,13-15H2. The highest BCUT2D eigenvalue weighted by molar-refractivity contribution is 5.99. The Kier molecular flexibility index (Phi) is 3.87. The lowest BCUT2D eigenvalue weighted by atomic mass is 9.99. The summed E-state index contributed by atoms with van der Waals surface area (Å²) in [5, 5.41) is 2.28. The van der Waals surface area contributed by atoms with Crippen molar-refractivity contribution in [1.82, 2.24) is 4.90 Å². The van der Waals surface area contributed by atoms with Crippen molar-refractivity contribution in [2.45, 2.75) is 6.42 Å². The Morgan fingerprint density at radius 1 is 0.833 bits per heavy atom. The number of carbonyl (C=O) groups excluding carboxylic acids is 1. The van der Waals surface area contributed by atoms with Crippen LogP contribution >= 0.6 is 0 Å². The molecule has 0 saturated heterocycles. The second-order valence-electron chi connectivity index (χ2n) is 6.16. The number of carbonyl (C=O) groups is 1. The van der Waals surface area contributed by atoms with Crippen molar-refractivity contribution < 1.29 is 4.79 Å². The van der Waals surface area contributed by atoms with Gasteiger partial charge in [-0.25, -0.2) is 0 Å². The number of benzene rings is 3. The van der Waals surface area contributed by atoms with Crippen molar-refractivity contribution >= 4 is 22.3 Å². The molecule has 0 aliphatic carbocycles. The van der Waals surface area contributed by atoms with Crippen LogP contribution in [0.15, 0.2) is 78.9 Å². The Morgan fingerprint density at radius 2 is 1.58 bits per heavy atom. The van der Waals surface area contributed by atoms with Gasteiger partial charge in [0.25, 0.3) is 5.91 Å². The van der Waals surface area contributed by atoms with E-state index >= 15 is 0 Å². The fraction of sp³-hybridized carbons (Fsp3) is 0.136. The van der Waals surface area contributed by atoms with E-state index in [0.717, 1.165) is 23.9 Å². The number of fused-ring (bicyclic) bond motifs is 1. The second kappa shape index (κ2) is 6.32. The Balaban J connectivity index is 1.54. The molecular formula is C22H19NO. The largest absolute Gasteiger partial charge is 0.335 e. The summed E-state index contributed by atoms with van der Waals surface area (Å²) in [4.78, 5) is 14.7. The third kappa shape index (κ3) is 2.83. The quantitative estimate of drug-likeness (QED) is 0.667. The van der Waals surface area contributed by atoms with Gasteiger partial charge >= 0.3 is 0 Å². The van der Waals surface area contributed by atoms with Gasteiger partial charge in [0.1, 0.15) is 0 Å². The van der Waals surface area contributed by atoms with E-state index in [0.29, 0.717) is 6.54 Å². The van der Waals surface area contributed by atoms with Crippen LogP contribution in [0, 0.1) is 0 Å². The maximum Gasteiger partial charge on any atom is 0.254 e. The number of hydrogen-bond donors (Lipinski definition) is 0. The molecule has 0 unspecified atom stereocenters. The number of nitrogens with zero attached hydrogens (tertiary/aromatic N) is 1. The topological polar surface area (TPSA) is 20.3 Å². The molecule has 0 saturated carbocycles. The first-order valence-electron chi connectivity index (χ1n) is 8.34. The summed E-state index contributed by atoms with van der Waals surface area (Å²) in [6.45, 7) is 1.45. The van der Waals surface area contributed by atoms with E-state index in [2.05, 4.69) is 42.5 Å². The van der Waals surface area contributed by atoms with Crippen LogP contribution in [0.2, 0.25) is 0 Å². The Hall–Kier alpha value is -2.87. The molecule has 0 atom stereocenters. The molecule has 24 heavy (non-hydrogen) atoms. The van der Waals surface area contributed by atoms with Crippen molar-refractivity contribution in [3.63, 3.8) is 0 Å². The zero-order valence-corrected chi connectivity index (χ0v) is 13.5. The molecule has 118 valence electrons. The molecule has 3 aromatic carbocycles. The molecule has 0 aromatic heterocycles. The number of rotatable bonds is 2. The zero-order valence-electron chi connectivity index (χ0n) is 13.5. The molecular weight excluding hydrogens is 294 g/mol. The predicted molar refractivity (Wildman–Crippen MR) is 98.9 cm³/mol. The van der Waals surface area contributed by atoms with Gasteiger partial charge in [-0.1, -0.05) is 66.7 Å². The summed E-state index contributed by atoms with van der Waals surface area (Å²) in [6.07, 6.45) is 3.08. The van der Waals surface area contributed by atoms with Crippen molar-refractivity contribution in [2.24, 2.45) is 0 Å². The SMILES string of the molecule is O=C(c1ccc2ccccc2c1)N1CC=C(c2ccccc2)CC1. The maximum absolute atomic E-state index is 12.8. The van der Waals surface area contributed by atoms with Crippen LogP contribution in [0.5, 0.6) is 0 Å². The molecule has 1 amide bonds. The first-order valence-corrected chi connectivity index (χ1v) is 8.34. The van der Waals surface area contributed by atoms with Gasteiger partial charge in [-0.3, -0.25) is 4.79 Å². The average Bonchev–Trinajstić information content (AvgIpc) is 2.68. The minimum atomic E-state index is 0.115. The van der Waals surface area contributed by atoms with Gasteiger partial charge in [0.15, 0.2) is 0 Å². The minimum Gasteiger partial charge on any atom is -0.335 e. The fourth-order valence-electron chi connectivity index (χ4n) is 3.27. The van der Waals surface area contributed by atoms with Crippen molar-refractivity contribution in [1.29, 1.82) is 0 Å². The van der Waals surface area contributed by atoms with Gasteiger partial charge in [-0.05, 0) is 40.5 Å². The second-order valence-corrected chi connectivity index (χ2v) is 6.16. The van der Waals surface area contributed by atoms with Gasteiger partial charge in [0.2, 0.25) is 0 Å². The molecule has 0 fully saturated rings. The molecule has 0 radical (unpaired) electrons. The maximum atomic E-state index is 12.8. The predicted octanol–water partition coefficient (Wildman–Crippen LogP) is 4.77. The van der Waals surface area contributed by atoms with E-state index in [9.17, 15) is 4.79 Å². The minimum absolute atomic E-state index is 0.115. The Bertz CT molecular complexity index is 911. The van der Waals surface area contributed by atoms with Crippen LogP contribution in [0.4, 0.5) is 0 Å². The number of amides is 1. The van der Waals surface area contributed by atoms with Gasteiger partial charge in [-0.15, -0.1) is 0 Å². The molecule has 2 nitrogen and oxygen atoms in total. The Labute approximate surface area is 142 Å². The van der Waals surface area contributed by atoms with Crippen LogP contribution in [-0.4, -0.2) is 23.9 Å². The molecule has 0 N–H and O–H groups in total. The monoisotopic (exact) mass is 313 g/mol. The highest BCUT2D eigenvalue weighted by atomic mass is 16.2. The van der Waals surface area contributed by atoms with Gasteiger partial charge in [0.05, 0.1) is 0 Å². The third-order valence-electron chi connectivity index (χ3n) is 4.64. The Morgan fingerprint density at radius 3 is 2.33 bits per heavy atom. The van der Waals surface area contributed by atoms with Crippen molar-refractivity contribution in [3.8, 4) is 0 Å². The molecule has 1 aliphatic rings. The fourth-order valence-corrected chi connectivity index (χ4v) is 3.27. The van der Waals surface area contributed by atoms with Gasteiger partial charge < -0.3 is 4.90 Å². The molecule has 1 heterocycles. The first kappa shape index (κ1) is 14.7. The molecule has 1 aliphatic heterocycles. The molecule has 0 spiro atoms. The number of hydrogen-bond acceptors (Lipinski definition) is 1. The summed E-state index contributed by atoms with van der Waals surface area (Å²) in [5.74, 6) is 0.115. The van der Waals surface area contributed by atoms with E-state index in [-0.39, 0.29) is 5.91 Å². The highest BCUT2D eigenvalue weighted by Gasteiger charge is 2.19. The van der Waals surface area contributed by atoms with E-state index in [1.807, 2.05) is 41.3 Å². The highest BCUT2D eigenvalue weighted by Crippen LogP contribution is 2.23. The molecule has 2 heteroatoms. The van der Waals surface area contributed by atoms with Crippen LogP contribution in [0.1, 0.15) is 22.3 Å². The lowest BCUT2D eigenvalue weighted by molar-refractivity contribution is 0.0773. The normalized spacial score (nSPS) is 14.5. The molecule has 4 rings (SSSR count). The smallest absolute Gasteiger partial charge is 0.254 e.